The SMILES string of the molecule is Cc1cc(C)c(NC(=O)CNC(c2ccc(Cl)cc2)C(C)C)c(Cl)c1. The molecule has 0 aliphatic heterocycles. The topological polar surface area (TPSA) is 41.1 Å². The number of carbonyl (C=O) groups excluding carboxylic acids is 1. The normalized spacial score (nSPS) is 12.3. The highest BCUT2D eigenvalue weighted by Gasteiger charge is 2.17. The lowest BCUT2D eigenvalue weighted by molar-refractivity contribution is -0.115. The molecule has 1 atom stereocenters. The molecule has 3 nitrogen and oxygen atoms in total. The van der Waals surface area contributed by atoms with Gasteiger partial charge in [0.05, 0.1) is 17.3 Å². The van der Waals surface area contributed by atoms with Gasteiger partial charge in [-0.1, -0.05) is 55.2 Å². The van der Waals surface area contributed by atoms with E-state index in [0.717, 1.165) is 16.7 Å². The number of carbonyl (C=O) groups is 1. The van der Waals surface area contributed by atoms with Crippen molar-refractivity contribution in [3.63, 3.8) is 0 Å². The Morgan fingerprint density at radius 2 is 1.72 bits per heavy atom. The first kappa shape index (κ1) is 19.8. The number of halogens is 2. The van der Waals surface area contributed by atoms with Crippen molar-refractivity contribution in [1.29, 1.82) is 0 Å². The van der Waals surface area contributed by atoms with Gasteiger partial charge in [-0.2, -0.15) is 0 Å². The molecule has 2 rings (SSSR count). The maximum absolute atomic E-state index is 12.4. The van der Waals surface area contributed by atoms with E-state index in [1.165, 1.54) is 0 Å². The standard InChI is InChI=1S/C20H24Cl2N2O/c1-12(2)19(15-5-7-16(21)8-6-15)23-11-18(25)24-20-14(4)9-13(3)10-17(20)22/h5-10,12,19,23H,11H2,1-4H3,(H,24,25). The molecule has 5 heteroatoms. The Hall–Kier alpha value is -1.55. The van der Waals surface area contributed by atoms with Gasteiger partial charge >= 0.3 is 0 Å². The Bertz CT molecular complexity index is 719. The fourth-order valence-corrected chi connectivity index (χ4v) is 3.36. The molecule has 0 radical (unpaired) electrons. The Morgan fingerprint density at radius 3 is 2.28 bits per heavy atom. The molecule has 0 aliphatic carbocycles. The van der Waals surface area contributed by atoms with Gasteiger partial charge in [-0.05, 0) is 54.7 Å². The van der Waals surface area contributed by atoms with Crippen LogP contribution in [0.5, 0.6) is 0 Å². The second-order valence-electron chi connectivity index (χ2n) is 6.64. The summed E-state index contributed by atoms with van der Waals surface area (Å²) in [5.74, 6) is 0.215. The van der Waals surface area contributed by atoms with Crippen LogP contribution in [0, 0.1) is 19.8 Å². The maximum Gasteiger partial charge on any atom is 0.238 e. The van der Waals surface area contributed by atoms with Gasteiger partial charge in [0, 0.05) is 11.1 Å². The average molecular weight is 379 g/mol. The smallest absolute Gasteiger partial charge is 0.238 e. The lowest BCUT2D eigenvalue weighted by Gasteiger charge is -2.23. The fraction of sp³-hybridized carbons (Fsp3) is 0.350. The van der Waals surface area contributed by atoms with Crippen molar-refractivity contribution >= 4 is 34.8 Å². The molecule has 0 spiro atoms. The fourth-order valence-electron chi connectivity index (χ4n) is 2.87. The van der Waals surface area contributed by atoms with E-state index in [1.807, 2.05) is 50.2 Å². The summed E-state index contributed by atoms with van der Waals surface area (Å²) in [7, 11) is 0. The van der Waals surface area contributed by atoms with Crippen LogP contribution in [0.1, 0.15) is 36.6 Å². The maximum atomic E-state index is 12.4. The number of benzene rings is 2. The number of amides is 1. The molecule has 0 aliphatic rings. The van der Waals surface area contributed by atoms with Gasteiger partial charge in [0.15, 0.2) is 0 Å². The van der Waals surface area contributed by atoms with E-state index in [1.54, 1.807) is 0 Å². The van der Waals surface area contributed by atoms with Crippen LogP contribution in [-0.2, 0) is 4.79 Å². The predicted octanol–water partition coefficient (Wildman–Crippen LogP) is 5.54. The van der Waals surface area contributed by atoms with E-state index in [4.69, 9.17) is 23.2 Å². The van der Waals surface area contributed by atoms with E-state index in [9.17, 15) is 4.79 Å². The van der Waals surface area contributed by atoms with Crippen molar-refractivity contribution in [3.8, 4) is 0 Å². The van der Waals surface area contributed by atoms with Gasteiger partial charge in [-0.25, -0.2) is 0 Å². The number of hydrogen-bond acceptors (Lipinski definition) is 2. The van der Waals surface area contributed by atoms with E-state index in [0.29, 0.717) is 21.7 Å². The zero-order valence-corrected chi connectivity index (χ0v) is 16.5. The van der Waals surface area contributed by atoms with E-state index in [-0.39, 0.29) is 18.5 Å². The molecule has 1 unspecified atom stereocenters. The van der Waals surface area contributed by atoms with Crippen molar-refractivity contribution in [1.82, 2.24) is 5.32 Å². The molecule has 2 aromatic rings. The first-order valence-electron chi connectivity index (χ1n) is 8.33. The minimum atomic E-state index is -0.117. The third-order valence-corrected chi connectivity index (χ3v) is 4.62. The first-order valence-corrected chi connectivity index (χ1v) is 9.09. The summed E-state index contributed by atoms with van der Waals surface area (Å²) in [6, 6.07) is 11.6. The molecule has 134 valence electrons. The predicted molar refractivity (Wildman–Crippen MR) is 107 cm³/mol. The van der Waals surface area contributed by atoms with E-state index < -0.39 is 0 Å². The van der Waals surface area contributed by atoms with Crippen LogP contribution >= 0.6 is 23.2 Å². The summed E-state index contributed by atoms with van der Waals surface area (Å²) >= 11 is 12.2. The summed E-state index contributed by atoms with van der Waals surface area (Å²) < 4.78 is 0. The van der Waals surface area contributed by atoms with Crippen LogP contribution in [0.2, 0.25) is 10.0 Å². The molecule has 0 fully saturated rings. The number of aryl methyl sites for hydroxylation is 2. The van der Waals surface area contributed by atoms with Gasteiger partial charge < -0.3 is 10.6 Å². The quantitative estimate of drug-likeness (QED) is 0.692. The zero-order chi connectivity index (χ0) is 18.6. The molecule has 2 N–H and O–H groups in total. The molecular formula is C20H24Cl2N2O. The molecular weight excluding hydrogens is 355 g/mol. The van der Waals surface area contributed by atoms with Crippen LogP contribution in [0.25, 0.3) is 0 Å². The van der Waals surface area contributed by atoms with Crippen molar-refractivity contribution in [2.45, 2.75) is 33.7 Å². The lowest BCUT2D eigenvalue weighted by Crippen LogP contribution is -2.33. The molecule has 25 heavy (non-hydrogen) atoms. The third kappa shape index (κ3) is 5.46. The summed E-state index contributed by atoms with van der Waals surface area (Å²) in [5, 5.41) is 7.49. The van der Waals surface area contributed by atoms with Crippen molar-refractivity contribution in [3.05, 3.63) is 63.1 Å². The number of rotatable bonds is 6. The van der Waals surface area contributed by atoms with Crippen LogP contribution in [0.3, 0.4) is 0 Å². The molecule has 0 aromatic heterocycles. The van der Waals surface area contributed by atoms with Crippen LogP contribution in [-0.4, -0.2) is 12.5 Å². The highest BCUT2D eigenvalue weighted by atomic mass is 35.5. The molecule has 0 saturated heterocycles. The summed E-state index contributed by atoms with van der Waals surface area (Å²) in [4.78, 5) is 12.4. The molecule has 0 saturated carbocycles. The van der Waals surface area contributed by atoms with Gasteiger partial charge in [0.25, 0.3) is 0 Å². The van der Waals surface area contributed by atoms with Gasteiger partial charge in [0.1, 0.15) is 0 Å². The molecule has 1 amide bonds. The summed E-state index contributed by atoms with van der Waals surface area (Å²) in [6.07, 6.45) is 0. The second-order valence-corrected chi connectivity index (χ2v) is 7.48. The van der Waals surface area contributed by atoms with Crippen LogP contribution in [0.4, 0.5) is 5.69 Å². The van der Waals surface area contributed by atoms with Crippen LogP contribution in [0.15, 0.2) is 36.4 Å². The summed E-state index contributed by atoms with van der Waals surface area (Å²) in [6.45, 7) is 8.35. The number of hydrogen-bond donors (Lipinski definition) is 2. The van der Waals surface area contributed by atoms with Crippen LogP contribution < -0.4 is 10.6 Å². The second kappa shape index (κ2) is 8.70. The minimum Gasteiger partial charge on any atom is -0.323 e. The largest absolute Gasteiger partial charge is 0.323 e. The minimum absolute atomic E-state index is 0.0672. The number of nitrogens with one attached hydrogen (secondary N) is 2. The van der Waals surface area contributed by atoms with Gasteiger partial charge in [-0.3, -0.25) is 4.79 Å². The molecule has 0 heterocycles. The van der Waals surface area contributed by atoms with Crippen molar-refractivity contribution in [2.75, 3.05) is 11.9 Å². The number of anilines is 1. The molecule has 2 aromatic carbocycles. The van der Waals surface area contributed by atoms with Gasteiger partial charge in [-0.15, -0.1) is 0 Å². The van der Waals surface area contributed by atoms with Crippen molar-refractivity contribution in [2.24, 2.45) is 5.92 Å². The Morgan fingerprint density at radius 1 is 1.08 bits per heavy atom. The highest BCUT2D eigenvalue weighted by Crippen LogP contribution is 2.27. The Balaban J connectivity index is 2.03. The zero-order valence-electron chi connectivity index (χ0n) is 15.0. The average Bonchev–Trinajstić information content (AvgIpc) is 2.52. The lowest BCUT2D eigenvalue weighted by atomic mass is 9.96. The highest BCUT2D eigenvalue weighted by molar-refractivity contribution is 6.34. The van der Waals surface area contributed by atoms with Crippen molar-refractivity contribution < 1.29 is 4.79 Å². The Labute approximate surface area is 159 Å². The third-order valence-electron chi connectivity index (χ3n) is 4.07. The van der Waals surface area contributed by atoms with Gasteiger partial charge in [0.2, 0.25) is 5.91 Å². The first-order chi connectivity index (χ1) is 11.8. The molecule has 0 bridgehead atoms. The van der Waals surface area contributed by atoms with E-state index >= 15 is 0 Å². The summed E-state index contributed by atoms with van der Waals surface area (Å²) in [5.41, 5.74) is 3.81. The monoisotopic (exact) mass is 378 g/mol. The Kier molecular flexibility index (Phi) is 6.88. The van der Waals surface area contributed by atoms with E-state index in [2.05, 4.69) is 24.5 Å².